The fourth-order valence-electron chi connectivity index (χ4n) is 2.38. The van der Waals surface area contributed by atoms with Crippen molar-refractivity contribution in [3.8, 4) is 11.5 Å². The molecule has 2 aromatic rings. The third-order valence-corrected chi connectivity index (χ3v) is 3.47. The van der Waals surface area contributed by atoms with Crippen molar-refractivity contribution in [2.75, 3.05) is 19.6 Å². The Morgan fingerprint density at radius 3 is 3.00 bits per heavy atom. The molecule has 1 fully saturated rings. The fourth-order valence-corrected chi connectivity index (χ4v) is 2.38. The number of benzene rings is 1. The molecular formula is C14H16N4O3. The van der Waals surface area contributed by atoms with Crippen molar-refractivity contribution in [3.05, 3.63) is 36.2 Å². The summed E-state index contributed by atoms with van der Waals surface area (Å²) in [5.74, 6) is 0.114. The number of carbonyl (C=O) groups is 1. The molecule has 3 rings (SSSR count). The van der Waals surface area contributed by atoms with Gasteiger partial charge in [-0.15, -0.1) is 0 Å². The van der Waals surface area contributed by atoms with Crippen LogP contribution in [0.2, 0.25) is 0 Å². The van der Waals surface area contributed by atoms with Gasteiger partial charge in [-0.2, -0.15) is 4.98 Å². The van der Waals surface area contributed by atoms with Crippen LogP contribution in [0.15, 0.2) is 34.9 Å². The molecule has 7 nitrogen and oxygen atoms in total. The molecule has 0 saturated carbocycles. The predicted octanol–water partition coefficient (Wildman–Crippen LogP) is 0.595. The summed E-state index contributed by atoms with van der Waals surface area (Å²) in [5.41, 5.74) is 0.853. The Morgan fingerprint density at radius 2 is 2.24 bits per heavy atom. The van der Waals surface area contributed by atoms with Crippen LogP contribution >= 0.6 is 0 Å². The number of aromatic nitrogens is 2. The van der Waals surface area contributed by atoms with Crippen molar-refractivity contribution in [3.63, 3.8) is 0 Å². The van der Waals surface area contributed by atoms with Crippen molar-refractivity contribution in [1.82, 2.24) is 20.4 Å². The first-order valence-electron chi connectivity index (χ1n) is 6.79. The maximum atomic E-state index is 11.2. The van der Waals surface area contributed by atoms with Gasteiger partial charge >= 0.3 is 5.97 Å². The van der Waals surface area contributed by atoms with Gasteiger partial charge in [0.25, 0.3) is 5.89 Å². The van der Waals surface area contributed by atoms with Crippen LogP contribution in [-0.4, -0.2) is 51.8 Å². The lowest BCUT2D eigenvalue weighted by molar-refractivity contribution is -0.144. The van der Waals surface area contributed by atoms with Crippen LogP contribution in [0, 0.1) is 0 Å². The van der Waals surface area contributed by atoms with Gasteiger partial charge in [-0.05, 0) is 12.1 Å². The maximum Gasteiger partial charge on any atom is 0.322 e. The molecule has 0 radical (unpaired) electrons. The third kappa shape index (κ3) is 3.09. The van der Waals surface area contributed by atoms with E-state index in [0.29, 0.717) is 31.3 Å². The highest BCUT2D eigenvalue weighted by atomic mass is 16.5. The Morgan fingerprint density at radius 1 is 1.43 bits per heavy atom. The monoisotopic (exact) mass is 288 g/mol. The first-order valence-corrected chi connectivity index (χ1v) is 6.79. The van der Waals surface area contributed by atoms with Crippen LogP contribution in [0.5, 0.6) is 0 Å². The van der Waals surface area contributed by atoms with Gasteiger partial charge in [-0.25, -0.2) is 0 Å². The zero-order valence-electron chi connectivity index (χ0n) is 11.4. The van der Waals surface area contributed by atoms with Gasteiger partial charge in [-0.1, -0.05) is 23.4 Å². The van der Waals surface area contributed by atoms with Crippen LogP contribution in [-0.2, 0) is 11.3 Å². The van der Waals surface area contributed by atoms with E-state index in [1.165, 1.54) is 0 Å². The largest absolute Gasteiger partial charge is 0.480 e. The van der Waals surface area contributed by atoms with Crippen LogP contribution in [0.3, 0.4) is 0 Å². The second kappa shape index (κ2) is 6.02. The molecule has 1 aromatic heterocycles. The molecule has 7 heteroatoms. The molecule has 110 valence electrons. The lowest BCUT2D eigenvalue weighted by atomic mass is 10.2. The molecule has 1 saturated heterocycles. The van der Waals surface area contributed by atoms with Gasteiger partial charge in [-0.3, -0.25) is 9.69 Å². The lowest BCUT2D eigenvalue weighted by Crippen LogP contribution is -2.54. The minimum Gasteiger partial charge on any atom is -0.480 e. The summed E-state index contributed by atoms with van der Waals surface area (Å²) in [4.78, 5) is 17.4. The number of hydrogen-bond acceptors (Lipinski definition) is 6. The number of carboxylic acids is 1. The first-order chi connectivity index (χ1) is 10.2. The summed E-state index contributed by atoms with van der Waals surface area (Å²) in [6.07, 6.45) is 0. The highest BCUT2D eigenvalue weighted by molar-refractivity contribution is 5.73. The van der Waals surface area contributed by atoms with Crippen molar-refractivity contribution in [2.45, 2.75) is 12.6 Å². The van der Waals surface area contributed by atoms with Gasteiger partial charge in [0.1, 0.15) is 6.04 Å². The molecule has 1 atom stereocenters. The molecule has 0 aliphatic carbocycles. The van der Waals surface area contributed by atoms with E-state index in [1.807, 2.05) is 35.2 Å². The number of nitrogens with zero attached hydrogens (tertiary/aromatic N) is 3. The summed E-state index contributed by atoms with van der Waals surface area (Å²) < 4.78 is 5.24. The number of hydrogen-bond donors (Lipinski definition) is 2. The Labute approximate surface area is 121 Å². The van der Waals surface area contributed by atoms with Crippen LogP contribution in [0.1, 0.15) is 5.82 Å². The zero-order valence-corrected chi connectivity index (χ0v) is 11.4. The first kappa shape index (κ1) is 13.7. The Balaban J connectivity index is 1.73. The molecule has 0 bridgehead atoms. The average molecular weight is 288 g/mol. The van der Waals surface area contributed by atoms with Gasteiger partial charge in [0.15, 0.2) is 5.82 Å². The molecule has 0 amide bonds. The van der Waals surface area contributed by atoms with Crippen LogP contribution in [0.25, 0.3) is 11.5 Å². The summed E-state index contributed by atoms with van der Waals surface area (Å²) in [6.45, 7) is 2.20. The normalized spacial score (nSPS) is 19.5. The van der Waals surface area contributed by atoms with Crippen LogP contribution < -0.4 is 5.32 Å². The minimum absolute atomic E-state index is 0.370. The molecule has 1 unspecified atom stereocenters. The topological polar surface area (TPSA) is 91.5 Å². The summed E-state index contributed by atoms with van der Waals surface area (Å²) in [5, 5.41) is 16.2. The van der Waals surface area contributed by atoms with E-state index in [4.69, 9.17) is 4.52 Å². The standard InChI is InChI=1S/C14H16N4O3/c19-14(20)11-8-15-6-7-18(11)9-12-16-13(21-17-12)10-4-2-1-3-5-10/h1-5,11,15H,6-9H2,(H,19,20). The maximum absolute atomic E-state index is 11.2. The van der Waals surface area contributed by atoms with Gasteiger partial charge < -0.3 is 14.9 Å². The van der Waals surface area contributed by atoms with E-state index in [0.717, 1.165) is 12.1 Å². The molecule has 2 heterocycles. The highest BCUT2D eigenvalue weighted by Crippen LogP contribution is 2.17. The SMILES string of the molecule is O=C(O)C1CNCCN1Cc1noc(-c2ccccc2)n1. The fraction of sp³-hybridized carbons (Fsp3) is 0.357. The Kier molecular flexibility index (Phi) is 3.94. The average Bonchev–Trinajstić information content (AvgIpc) is 2.97. The lowest BCUT2D eigenvalue weighted by Gasteiger charge is -2.32. The van der Waals surface area contributed by atoms with Crippen molar-refractivity contribution in [1.29, 1.82) is 0 Å². The van der Waals surface area contributed by atoms with E-state index in [9.17, 15) is 9.90 Å². The number of rotatable bonds is 4. The van der Waals surface area contributed by atoms with E-state index in [2.05, 4.69) is 15.5 Å². The number of aliphatic carboxylic acids is 1. The van der Waals surface area contributed by atoms with E-state index >= 15 is 0 Å². The van der Waals surface area contributed by atoms with Crippen molar-refractivity contribution >= 4 is 5.97 Å². The molecule has 1 aliphatic heterocycles. The number of piperazine rings is 1. The molecule has 2 N–H and O–H groups in total. The Hall–Kier alpha value is -2.25. The number of nitrogens with one attached hydrogen (secondary N) is 1. The third-order valence-electron chi connectivity index (χ3n) is 3.47. The Bertz CT molecular complexity index is 614. The van der Waals surface area contributed by atoms with Crippen molar-refractivity contribution < 1.29 is 14.4 Å². The second-order valence-electron chi connectivity index (χ2n) is 4.91. The predicted molar refractivity (Wildman–Crippen MR) is 74.4 cm³/mol. The quantitative estimate of drug-likeness (QED) is 0.851. The second-order valence-corrected chi connectivity index (χ2v) is 4.91. The van der Waals surface area contributed by atoms with Gasteiger partial charge in [0.2, 0.25) is 0 Å². The molecule has 21 heavy (non-hydrogen) atoms. The van der Waals surface area contributed by atoms with E-state index in [-0.39, 0.29) is 0 Å². The zero-order chi connectivity index (χ0) is 14.7. The van der Waals surface area contributed by atoms with E-state index in [1.54, 1.807) is 0 Å². The van der Waals surface area contributed by atoms with Crippen molar-refractivity contribution in [2.24, 2.45) is 0 Å². The summed E-state index contributed by atoms with van der Waals surface area (Å²) in [7, 11) is 0. The smallest absolute Gasteiger partial charge is 0.322 e. The van der Waals surface area contributed by atoms with Gasteiger partial charge in [0.05, 0.1) is 6.54 Å². The summed E-state index contributed by atoms with van der Waals surface area (Å²) in [6, 6.07) is 8.94. The summed E-state index contributed by atoms with van der Waals surface area (Å²) >= 11 is 0. The number of carboxylic acid groups (broad SMARTS) is 1. The molecular weight excluding hydrogens is 272 g/mol. The van der Waals surface area contributed by atoms with E-state index < -0.39 is 12.0 Å². The van der Waals surface area contributed by atoms with Crippen LogP contribution in [0.4, 0.5) is 0 Å². The van der Waals surface area contributed by atoms with Gasteiger partial charge in [0, 0.05) is 25.2 Å². The molecule has 0 spiro atoms. The molecule has 1 aromatic carbocycles. The highest BCUT2D eigenvalue weighted by Gasteiger charge is 2.29. The molecule has 1 aliphatic rings. The minimum atomic E-state index is -0.839.